The maximum absolute atomic E-state index is 12.6. The molecule has 2 aromatic rings. The third kappa shape index (κ3) is 4.27. The van der Waals surface area contributed by atoms with E-state index in [1.807, 2.05) is 6.92 Å². The van der Waals surface area contributed by atoms with Crippen LogP contribution in [0.5, 0.6) is 0 Å². The fraction of sp³-hybridized carbons (Fsp3) is 0.294. The molecule has 0 fully saturated rings. The molecule has 25 heavy (non-hydrogen) atoms. The van der Waals surface area contributed by atoms with Crippen molar-refractivity contribution < 1.29 is 22.4 Å². The normalized spacial score (nSPS) is 12.1. The van der Waals surface area contributed by atoms with Gasteiger partial charge in [0.2, 0.25) is 5.71 Å². The summed E-state index contributed by atoms with van der Waals surface area (Å²) < 4.78 is 35.3. The number of furan rings is 1. The zero-order chi connectivity index (χ0) is 18.6. The number of carbonyl (C=O) groups excluding carboxylic acids is 1. The van der Waals surface area contributed by atoms with Gasteiger partial charge in [0.15, 0.2) is 5.76 Å². The Morgan fingerprint density at radius 2 is 1.88 bits per heavy atom. The Hall–Kier alpha value is -2.61. The molecule has 134 valence electrons. The van der Waals surface area contributed by atoms with Crippen LogP contribution in [0.3, 0.4) is 0 Å². The number of hydrogen-bond acceptors (Lipinski definition) is 6. The summed E-state index contributed by atoms with van der Waals surface area (Å²) in [7, 11) is -3.96. The third-order valence-corrected chi connectivity index (χ3v) is 4.89. The molecule has 0 aliphatic heterocycles. The highest BCUT2D eigenvalue weighted by Gasteiger charge is 2.23. The number of rotatable bonds is 6. The zero-order valence-electron chi connectivity index (χ0n) is 14.5. The Bertz CT molecular complexity index is 876. The van der Waals surface area contributed by atoms with E-state index in [1.54, 1.807) is 39.0 Å². The number of carbonyl (C=O) groups is 1. The first-order valence-corrected chi connectivity index (χ1v) is 9.13. The first-order valence-electron chi connectivity index (χ1n) is 7.64. The van der Waals surface area contributed by atoms with E-state index in [-0.39, 0.29) is 23.0 Å². The molecule has 8 heteroatoms. The summed E-state index contributed by atoms with van der Waals surface area (Å²) in [5, 5.41) is 3.75. The van der Waals surface area contributed by atoms with E-state index in [0.29, 0.717) is 11.1 Å². The Morgan fingerprint density at radius 1 is 1.24 bits per heavy atom. The second-order valence-corrected chi connectivity index (χ2v) is 7.08. The first kappa shape index (κ1) is 18.7. The number of benzene rings is 1. The molecule has 0 aliphatic carbocycles. The second kappa shape index (κ2) is 7.52. The van der Waals surface area contributed by atoms with Gasteiger partial charge in [0.25, 0.3) is 10.0 Å². The van der Waals surface area contributed by atoms with Gasteiger partial charge in [-0.3, -0.25) is 0 Å². The van der Waals surface area contributed by atoms with Crippen molar-refractivity contribution in [2.24, 2.45) is 5.10 Å². The summed E-state index contributed by atoms with van der Waals surface area (Å²) in [6.07, 6.45) is 1.35. The average Bonchev–Trinajstić information content (AvgIpc) is 3.00. The molecular weight excluding hydrogens is 344 g/mol. The van der Waals surface area contributed by atoms with E-state index in [2.05, 4.69) is 9.93 Å². The molecule has 0 saturated carbocycles. The minimum Gasteiger partial charge on any atom is -0.462 e. The van der Waals surface area contributed by atoms with E-state index >= 15 is 0 Å². The second-order valence-electron chi connectivity index (χ2n) is 5.48. The average molecular weight is 364 g/mol. The number of esters is 1. The van der Waals surface area contributed by atoms with E-state index in [4.69, 9.17) is 9.15 Å². The number of sulfonamides is 1. The number of aryl methyl sites for hydroxylation is 3. The van der Waals surface area contributed by atoms with Crippen LogP contribution in [0.1, 0.15) is 29.4 Å². The van der Waals surface area contributed by atoms with E-state index in [9.17, 15) is 13.2 Å². The quantitative estimate of drug-likeness (QED) is 0.482. The van der Waals surface area contributed by atoms with Gasteiger partial charge in [0.05, 0.1) is 17.8 Å². The van der Waals surface area contributed by atoms with Crippen molar-refractivity contribution >= 4 is 21.7 Å². The van der Waals surface area contributed by atoms with Crippen LogP contribution in [-0.2, 0) is 19.6 Å². The highest BCUT2D eigenvalue weighted by Crippen LogP contribution is 2.21. The molecule has 0 unspecified atom stereocenters. The van der Waals surface area contributed by atoms with E-state index in [1.165, 1.54) is 12.3 Å². The fourth-order valence-corrected chi connectivity index (χ4v) is 3.82. The van der Waals surface area contributed by atoms with Gasteiger partial charge in [-0.05, 0) is 51.0 Å². The topological polar surface area (TPSA) is 98.0 Å². The summed E-state index contributed by atoms with van der Waals surface area (Å²) >= 11 is 0. The molecule has 1 N–H and O–H groups in total. The fourth-order valence-electron chi connectivity index (χ4n) is 2.56. The van der Waals surface area contributed by atoms with Crippen molar-refractivity contribution in [2.45, 2.75) is 32.6 Å². The molecule has 7 nitrogen and oxygen atoms in total. The molecule has 0 aliphatic rings. The molecule has 0 amide bonds. The molecule has 0 saturated heterocycles. The molecule has 0 atom stereocenters. The summed E-state index contributed by atoms with van der Waals surface area (Å²) in [5.74, 6) is -0.670. The number of nitrogens with one attached hydrogen (secondary N) is 1. The van der Waals surface area contributed by atoms with Crippen molar-refractivity contribution in [3.63, 3.8) is 0 Å². The van der Waals surface area contributed by atoms with Crippen molar-refractivity contribution in [2.75, 3.05) is 6.61 Å². The first-order chi connectivity index (χ1) is 11.8. The lowest BCUT2D eigenvalue weighted by Crippen LogP contribution is -2.26. The Kier molecular flexibility index (Phi) is 5.63. The van der Waals surface area contributed by atoms with Gasteiger partial charge in [-0.1, -0.05) is 17.7 Å². The Balaban J connectivity index is 2.41. The summed E-state index contributed by atoms with van der Waals surface area (Å²) in [4.78, 5) is 14.3. The smallest absolute Gasteiger partial charge is 0.362 e. The van der Waals surface area contributed by atoms with E-state index < -0.39 is 16.0 Å². The third-order valence-electron chi connectivity index (χ3n) is 3.37. The largest absolute Gasteiger partial charge is 0.462 e. The predicted octanol–water partition coefficient (Wildman–Crippen LogP) is 2.45. The molecule has 1 aromatic heterocycles. The van der Waals surface area contributed by atoms with Crippen LogP contribution in [0.25, 0.3) is 0 Å². The molecule has 0 radical (unpaired) electrons. The van der Waals surface area contributed by atoms with Crippen LogP contribution in [0.2, 0.25) is 0 Å². The number of hydrogen-bond donors (Lipinski definition) is 1. The van der Waals surface area contributed by atoms with E-state index in [0.717, 1.165) is 5.56 Å². The van der Waals surface area contributed by atoms with Crippen molar-refractivity contribution in [1.82, 2.24) is 4.83 Å². The minimum atomic E-state index is -3.96. The van der Waals surface area contributed by atoms with Gasteiger partial charge in [0.1, 0.15) is 0 Å². The lowest BCUT2D eigenvalue weighted by molar-refractivity contribution is -0.135. The Morgan fingerprint density at radius 3 is 2.40 bits per heavy atom. The van der Waals surface area contributed by atoms with Gasteiger partial charge in [0, 0.05) is 0 Å². The van der Waals surface area contributed by atoms with Crippen LogP contribution in [0.4, 0.5) is 0 Å². The maximum Gasteiger partial charge on any atom is 0.362 e. The van der Waals surface area contributed by atoms with Crippen LogP contribution in [0.15, 0.2) is 44.9 Å². The number of ether oxygens (including phenoxy) is 1. The highest BCUT2D eigenvalue weighted by atomic mass is 32.2. The standard InChI is InChI=1S/C17H20N2O5S/c1-5-23-17(20)15(14-7-6-8-24-14)18-19-25(21,22)16-12(3)9-11(2)10-13(16)4/h6-10,19H,5H2,1-4H3. The van der Waals surface area contributed by atoms with Crippen molar-refractivity contribution in [3.05, 3.63) is 53.0 Å². The summed E-state index contributed by atoms with van der Waals surface area (Å²) in [5.41, 5.74) is 1.89. The number of nitrogens with zero attached hydrogens (tertiary/aromatic N) is 1. The summed E-state index contributed by atoms with van der Waals surface area (Å²) in [6, 6.07) is 6.59. The van der Waals surface area contributed by atoms with Crippen LogP contribution >= 0.6 is 0 Å². The monoisotopic (exact) mass is 364 g/mol. The van der Waals surface area contributed by atoms with Gasteiger partial charge in [-0.25, -0.2) is 4.79 Å². The van der Waals surface area contributed by atoms with Crippen molar-refractivity contribution in [1.29, 1.82) is 0 Å². The van der Waals surface area contributed by atoms with Crippen molar-refractivity contribution in [3.8, 4) is 0 Å². The molecule has 1 heterocycles. The van der Waals surface area contributed by atoms with Crippen LogP contribution in [-0.4, -0.2) is 26.7 Å². The zero-order valence-corrected chi connectivity index (χ0v) is 15.3. The maximum atomic E-state index is 12.6. The summed E-state index contributed by atoms with van der Waals surface area (Å²) in [6.45, 7) is 7.06. The molecule has 0 bridgehead atoms. The van der Waals surface area contributed by atoms with Gasteiger partial charge in [-0.2, -0.15) is 18.4 Å². The van der Waals surface area contributed by atoms with Gasteiger partial charge in [-0.15, -0.1) is 0 Å². The minimum absolute atomic E-state index is 0.110. The lowest BCUT2D eigenvalue weighted by atomic mass is 10.1. The van der Waals surface area contributed by atoms with Crippen LogP contribution < -0.4 is 4.83 Å². The molecular formula is C17H20N2O5S. The van der Waals surface area contributed by atoms with Crippen LogP contribution in [0, 0.1) is 20.8 Å². The lowest BCUT2D eigenvalue weighted by Gasteiger charge is -2.12. The highest BCUT2D eigenvalue weighted by molar-refractivity contribution is 7.89. The SMILES string of the molecule is CCOC(=O)C(=NNS(=O)(=O)c1c(C)cc(C)cc1C)c1ccco1. The Labute approximate surface area is 146 Å². The predicted molar refractivity (Wildman–Crippen MR) is 92.9 cm³/mol. The molecule has 0 spiro atoms. The van der Waals surface area contributed by atoms with Gasteiger partial charge >= 0.3 is 5.97 Å². The van der Waals surface area contributed by atoms with Gasteiger partial charge < -0.3 is 9.15 Å². The molecule has 2 rings (SSSR count). The molecule has 1 aromatic carbocycles. The number of hydrazone groups is 1.